The molecule has 0 bridgehead atoms. The molecule has 0 heterocycles. The molecule has 0 amide bonds. The molecular formula is C11H9Br2N3O2S. The molecule has 0 saturated heterocycles. The van der Waals surface area contributed by atoms with Gasteiger partial charge in [0.15, 0.2) is 11.4 Å². The normalized spacial score (nSPS) is 10.9. The molecule has 19 heavy (non-hydrogen) atoms. The lowest BCUT2D eigenvalue weighted by molar-refractivity contribution is -0.136. The zero-order chi connectivity index (χ0) is 14.4. The van der Waals surface area contributed by atoms with E-state index < -0.39 is 5.97 Å². The predicted molar refractivity (Wildman–Crippen MR) is 82.5 cm³/mol. The first kappa shape index (κ1) is 16.0. The smallest absolute Gasteiger partial charge is 0.307 e. The zero-order valence-corrected chi connectivity index (χ0v) is 13.8. The van der Waals surface area contributed by atoms with Crippen LogP contribution in [0, 0.1) is 11.5 Å². The van der Waals surface area contributed by atoms with Crippen molar-refractivity contribution in [3.05, 3.63) is 26.6 Å². The van der Waals surface area contributed by atoms with Crippen LogP contribution in [0.2, 0.25) is 0 Å². The number of halogens is 2. The molecule has 0 aliphatic heterocycles. The van der Waals surface area contributed by atoms with Crippen molar-refractivity contribution in [2.45, 2.75) is 6.42 Å². The minimum absolute atomic E-state index is 0.0625. The first-order valence-electron chi connectivity index (χ1n) is 4.95. The predicted octanol–water partition coefficient (Wildman–Crippen LogP) is 3.26. The second-order valence-corrected chi connectivity index (χ2v) is 5.84. The van der Waals surface area contributed by atoms with Crippen molar-refractivity contribution in [2.75, 3.05) is 6.26 Å². The van der Waals surface area contributed by atoms with Crippen molar-refractivity contribution in [1.29, 1.82) is 5.26 Å². The third-order valence-corrected chi connectivity index (χ3v) is 3.79. The van der Waals surface area contributed by atoms with E-state index in [2.05, 4.69) is 42.2 Å². The van der Waals surface area contributed by atoms with Gasteiger partial charge in [0, 0.05) is 8.95 Å². The van der Waals surface area contributed by atoms with Gasteiger partial charge in [0.05, 0.1) is 12.1 Å². The monoisotopic (exact) mass is 405 g/mol. The number of nitrogens with one attached hydrogen (secondary N) is 1. The van der Waals surface area contributed by atoms with Gasteiger partial charge >= 0.3 is 5.97 Å². The Morgan fingerprint density at radius 3 is 2.53 bits per heavy atom. The fourth-order valence-corrected chi connectivity index (χ4v) is 3.06. The summed E-state index contributed by atoms with van der Waals surface area (Å²) in [6.07, 6.45) is 3.54. The summed E-state index contributed by atoms with van der Waals surface area (Å²) < 4.78 is 1.31. The number of nitriles is 1. The summed E-state index contributed by atoms with van der Waals surface area (Å²) in [5.41, 5.74) is 1.25. The topological polar surface area (TPSA) is 85.5 Å². The lowest BCUT2D eigenvalue weighted by atomic mass is 10.1. The highest BCUT2D eigenvalue weighted by atomic mass is 79.9. The Bertz CT molecular complexity index is 547. The number of rotatable bonds is 3. The average Bonchev–Trinajstić information content (AvgIpc) is 2.31. The van der Waals surface area contributed by atoms with Crippen LogP contribution < -0.4 is 5.32 Å². The molecule has 0 aliphatic carbocycles. The number of thioether (sulfide) groups is 1. The van der Waals surface area contributed by atoms with Crippen LogP contribution >= 0.6 is 43.6 Å². The quantitative estimate of drug-likeness (QED) is 0.348. The molecule has 0 atom stereocenters. The third-order valence-electron chi connectivity index (χ3n) is 2.00. The van der Waals surface area contributed by atoms with Crippen LogP contribution in [0.25, 0.3) is 0 Å². The number of hydrogen-bond acceptors (Lipinski definition) is 4. The number of nitrogens with zero attached hydrogens (tertiary/aromatic N) is 2. The molecule has 1 aromatic carbocycles. The SMILES string of the molecule is CSC(=Nc1c(Br)cc(CC(=O)O)cc1Br)NC#N. The summed E-state index contributed by atoms with van der Waals surface area (Å²) in [5, 5.41) is 20.3. The molecule has 0 radical (unpaired) electrons. The van der Waals surface area contributed by atoms with Crippen LogP contribution in [0.15, 0.2) is 26.1 Å². The van der Waals surface area contributed by atoms with Gasteiger partial charge in [-0.1, -0.05) is 11.8 Å². The Morgan fingerprint density at radius 2 is 2.11 bits per heavy atom. The number of carboxylic acid groups (broad SMARTS) is 1. The summed E-state index contributed by atoms with van der Waals surface area (Å²) in [6, 6.07) is 3.39. The van der Waals surface area contributed by atoms with Crippen LogP contribution in [-0.2, 0) is 11.2 Å². The summed E-state index contributed by atoms with van der Waals surface area (Å²) >= 11 is 8.00. The maximum Gasteiger partial charge on any atom is 0.307 e. The summed E-state index contributed by atoms with van der Waals surface area (Å²) in [7, 11) is 0. The first-order chi connectivity index (χ1) is 8.97. The number of hydrogen-bond donors (Lipinski definition) is 2. The second-order valence-electron chi connectivity index (χ2n) is 3.34. The molecule has 8 heteroatoms. The highest BCUT2D eigenvalue weighted by Gasteiger charge is 2.10. The molecule has 100 valence electrons. The average molecular weight is 407 g/mol. The maximum absolute atomic E-state index is 10.7. The van der Waals surface area contributed by atoms with Crippen molar-refractivity contribution < 1.29 is 9.90 Å². The Hall–Kier alpha value is -1.04. The van der Waals surface area contributed by atoms with Crippen LogP contribution in [-0.4, -0.2) is 22.5 Å². The molecule has 5 nitrogen and oxygen atoms in total. The molecule has 1 aromatic rings. The van der Waals surface area contributed by atoms with Crippen LogP contribution in [0.1, 0.15) is 5.56 Å². The minimum atomic E-state index is -0.897. The molecular weight excluding hydrogens is 398 g/mol. The Balaban J connectivity index is 3.17. The molecule has 0 aliphatic rings. The van der Waals surface area contributed by atoms with E-state index in [0.29, 0.717) is 25.4 Å². The van der Waals surface area contributed by atoms with E-state index in [4.69, 9.17) is 10.4 Å². The zero-order valence-electron chi connectivity index (χ0n) is 9.78. The molecule has 2 N–H and O–H groups in total. The number of carbonyl (C=O) groups is 1. The third kappa shape index (κ3) is 4.86. The summed E-state index contributed by atoms with van der Waals surface area (Å²) in [4.78, 5) is 15.0. The van der Waals surface area contributed by atoms with E-state index in [-0.39, 0.29) is 6.42 Å². The van der Waals surface area contributed by atoms with Gasteiger partial charge in [0.1, 0.15) is 0 Å². The molecule has 0 unspecified atom stereocenters. The van der Waals surface area contributed by atoms with Gasteiger partial charge in [0.25, 0.3) is 0 Å². The fourth-order valence-electron chi connectivity index (χ4n) is 1.28. The van der Waals surface area contributed by atoms with E-state index in [1.165, 1.54) is 11.8 Å². The van der Waals surface area contributed by atoms with E-state index >= 15 is 0 Å². The highest BCUT2D eigenvalue weighted by molar-refractivity contribution is 9.11. The fraction of sp³-hybridized carbons (Fsp3) is 0.182. The number of benzene rings is 1. The number of amidine groups is 1. The van der Waals surface area contributed by atoms with E-state index in [1.54, 1.807) is 24.6 Å². The van der Waals surface area contributed by atoms with Gasteiger partial charge < -0.3 is 5.11 Å². The van der Waals surface area contributed by atoms with Crippen LogP contribution in [0.5, 0.6) is 0 Å². The van der Waals surface area contributed by atoms with Crippen molar-refractivity contribution in [3.63, 3.8) is 0 Å². The summed E-state index contributed by atoms with van der Waals surface area (Å²) in [5.74, 6) is -0.897. The van der Waals surface area contributed by atoms with Crippen LogP contribution in [0.3, 0.4) is 0 Å². The minimum Gasteiger partial charge on any atom is -0.481 e. The maximum atomic E-state index is 10.7. The summed E-state index contributed by atoms with van der Waals surface area (Å²) in [6.45, 7) is 0. The van der Waals surface area contributed by atoms with Crippen molar-refractivity contribution in [2.24, 2.45) is 4.99 Å². The van der Waals surface area contributed by atoms with Gasteiger partial charge in [-0.2, -0.15) is 5.26 Å². The molecule has 0 fully saturated rings. The van der Waals surface area contributed by atoms with Gasteiger partial charge in [-0.3, -0.25) is 10.1 Å². The lowest BCUT2D eigenvalue weighted by Crippen LogP contribution is -2.12. The Morgan fingerprint density at radius 1 is 1.53 bits per heavy atom. The number of carboxylic acids is 1. The van der Waals surface area contributed by atoms with Crippen LogP contribution in [0.4, 0.5) is 5.69 Å². The van der Waals surface area contributed by atoms with Gasteiger partial charge in [-0.25, -0.2) is 4.99 Å². The number of aliphatic carboxylic acids is 1. The number of aliphatic imine (C=N–C) groups is 1. The first-order valence-corrected chi connectivity index (χ1v) is 7.76. The van der Waals surface area contributed by atoms with Crippen molar-refractivity contribution >= 4 is 60.4 Å². The van der Waals surface area contributed by atoms with E-state index in [0.717, 1.165) is 0 Å². The van der Waals surface area contributed by atoms with E-state index in [1.807, 2.05) is 0 Å². The Kier molecular flexibility index (Phi) is 6.34. The highest BCUT2D eigenvalue weighted by Crippen LogP contribution is 2.35. The molecule has 0 aromatic heterocycles. The van der Waals surface area contributed by atoms with Crippen molar-refractivity contribution in [1.82, 2.24) is 5.32 Å². The van der Waals surface area contributed by atoms with Gasteiger partial charge in [0.2, 0.25) is 0 Å². The molecule has 1 rings (SSSR count). The van der Waals surface area contributed by atoms with Crippen molar-refractivity contribution in [3.8, 4) is 6.19 Å². The molecule has 0 spiro atoms. The standard InChI is InChI=1S/C11H9Br2N3O2S/c1-19-11(15-5-14)16-10-7(12)2-6(3-8(10)13)4-9(17)18/h2-3H,4H2,1H3,(H,15,16)(H,17,18). The van der Waals surface area contributed by atoms with E-state index in [9.17, 15) is 4.79 Å². The lowest BCUT2D eigenvalue weighted by Gasteiger charge is -2.07. The molecule has 0 saturated carbocycles. The largest absolute Gasteiger partial charge is 0.481 e. The second kappa shape index (κ2) is 7.53. The van der Waals surface area contributed by atoms with Gasteiger partial charge in [-0.15, -0.1) is 0 Å². The Labute approximate surface area is 131 Å². The van der Waals surface area contributed by atoms with Gasteiger partial charge in [-0.05, 0) is 55.8 Å².